The van der Waals surface area contributed by atoms with Gasteiger partial charge in [0.2, 0.25) is 0 Å². The van der Waals surface area contributed by atoms with Gasteiger partial charge in [-0.2, -0.15) is 0 Å². The Morgan fingerprint density at radius 1 is 1.00 bits per heavy atom. The van der Waals surface area contributed by atoms with E-state index >= 15 is 0 Å². The van der Waals surface area contributed by atoms with Gasteiger partial charge in [-0.25, -0.2) is 0 Å². The number of benzene rings is 1. The summed E-state index contributed by atoms with van der Waals surface area (Å²) in [6, 6.07) is 4.47. The van der Waals surface area contributed by atoms with Crippen molar-refractivity contribution in [1.29, 1.82) is 0 Å². The lowest BCUT2D eigenvalue weighted by molar-refractivity contribution is 0.284. The molecular formula is C13H20O. The van der Waals surface area contributed by atoms with E-state index in [1.54, 1.807) is 0 Å². The van der Waals surface area contributed by atoms with E-state index in [0.717, 1.165) is 19.3 Å². The largest absolute Gasteiger partial charge is 0.396 e. The Morgan fingerprint density at radius 2 is 1.57 bits per heavy atom. The van der Waals surface area contributed by atoms with Gasteiger partial charge in [-0.05, 0) is 56.7 Å². The minimum Gasteiger partial charge on any atom is -0.396 e. The van der Waals surface area contributed by atoms with Gasteiger partial charge in [-0.15, -0.1) is 0 Å². The Balaban J connectivity index is 2.75. The first-order valence-corrected chi connectivity index (χ1v) is 5.32. The maximum Gasteiger partial charge on any atom is 0.0431 e. The maximum absolute atomic E-state index is 8.73. The highest BCUT2D eigenvalue weighted by atomic mass is 16.2. The fourth-order valence-electron chi connectivity index (χ4n) is 2.02. The van der Waals surface area contributed by atoms with Crippen LogP contribution >= 0.6 is 0 Å². The number of unbranched alkanes of at least 4 members (excludes halogenated alkanes) is 1. The highest BCUT2D eigenvalue weighted by Crippen LogP contribution is 2.18. The fraction of sp³-hybridized carbons (Fsp3) is 0.538. The van der Waals surface area contributed by atoms with Crippen molar-refractivity contribution in [3.05, 3.63) is 34.4 Å². The zero-order valence-corrected chi connectivity index (χ0v) is 9.43. The maximum atomic E-state index is 8.73. The molecule has 1 rings (SSSR count). The predicted molar refractivity (Wildman–Crippen MR) is 60.7 cm³/mol. The number of aliphatic hydroxyl groups is 1. The summed E-state index contributed by atoms with van der Waals surface area (Å²) in [7, 11) is 0. The van der Waals surface area contributed by atoms with Crippen LogP contribution in [0.25, 0.3) is 0 Å². The summed E-state index contributed by atoms with van der Waals surface area (Å²) in [5.41, 5.74) is 5.58. The molecule has 0 fully saturated rings. The summed E-state index contributed by atoms with van der Waals surface area (Å²) >= 11 is 0. The third kappa shape index (κ3) is 2.85. The van der Waals surface area contributed by atoms with Crippen LogP contribution in [-0.2, 0) is 6.42 Å². The van der Waals surface area contributed by atoms with Gasteiger partial charge >= 0.3 is 0 Å². The van der Waals surface area contributed by atoms with Crippen LogP contribution in [0.3, 0.4) is 0 Å². The van der Waals surface area contributed by atoms with Crippen LogP contribution in [0.1, 0.15) is 35.1 Å². The highest BCUT2D eigenvalue weighted by Gasteiger charge is 2.02. The molecule has 1 N–H and O–H groups in total. The van der Waals surface area contributed by atoms with Crippen LogP contribution < -0.4 is 0 Å². The van der Waals surface area contributed by atoms with E-state index < -0.39 is 0 Å². The van der Waals surface area contributed by atoms with Crippen molar-refractivity contribution in [1.82, 2.24) is 0 Å². The Hall–Kier alpha value is -0.820. The lowest BCUT2D eigenvalue weighted by atomic mass is 9.96. The molecule has 0 atom stereocenters. The minimum absolute atomic E-state index is 0.309. The number of hydrogen-bond donors (Lipinski definition) is 1. The number of hydrogen-bond acceptors (Lipinski definition) is 1. The van der Waals surface area contributed by atoms with Crippen LogP contribution in [-0.4, -0.2) is 11.7 Å². The summed E-state index contributed by atoms with van der Waals surface area (Å²) in [5, 5.41) is 8.73. The van der Waals surface area contributed by atoms with Crippen molar-refractivity contribution in [3.63, 3.8) is 0 Å². The van der Waals surface area contributed by atoms with Crippen molar-refractivity contribution >= 4 is 0 Å². The van der Waals surface area contributed by atoms with Gasteiger partial charge in [0, 0.05) is 6.61 Å². The Bertz CT molecular complexity index is 279. The zero-order chi connectivity index (χ0) is 10.6. The molecular weight excluding hydrogens is 172 g/mol. The summed E-state index contributed by atoms with van der Waals surface area (Å²) in [4.78, 5) is 0. The van der Waals surface area contributed by atoms with Gasteiger partial charge in [-0.1, -0.05) is 17.7 Å². The Morgan fingerprint density at radius 3 is 2.07 bits per heavy atom. The quantitative estimate of drug-likeness (QED) is 0.727. The van der Waals surface area contributed by atoms with Gasteiger partial charge in [0.15, 0.2) is 0 Å². The van der Waals surface area contributed by atoms with E-state index in [-0.39, 0.29) is 0 Å². The van der Waals surface area contributed by atoms with Crippen LogP contribution in [0, 0.1) is 20.8 Å². The number of rotatable bonds is 4. The molecule has 1 aromatic rings. The molecule has 0 aliphatic rings. The van der Waals surface area contributed by atoms with E-state index in [4.69, 9.17) is 5.11 Å². The summed E-state index contributed by atoms with van der Waals surface area (Å²) < 4.78 is 0. The average molecular weight is 192 g/mol. The highest BCUT2D eigenvalue weighted by molar-refractivity contribution is 5.37. The number of aliphatic hydroxyl groups excluding tert-OH is 1. The summed E-state index contributed by atoms with van der Waals surface area (Å²) in [6.07, 6.45) is 3.09. The minimum atomic E-state index is 0.309. The normalized spacial score (nSPS) is 10.6. The lowest BCUT2D eigenvalue weighted by Gasteiger charge is -2.10. The molecule has 0 saturated heterocycles. The van der Waals surface area contributed by atoms with E-state index in [9.17, 15) is 0 Å². The van der Waals surface area contributed by atoms with Crippen molar-refractivity contribution in [2.24, 2.45) is 0 Å². The SMILES string of the molecule is Cc1cc(C)c(CCCCO)c(C)c1. The first-order valence-electron chi connectivity index (χ1n) is 5.32. The van der Waals surface area contributed by atoms with Crippen LogP contribution in [0.5, 0.6) is 0 Å². The third-order valence-corrected chi connectivity index (χ3v) is 2.68. The standard InChI is InChI=1S/C13H20O/c1-10-8-11(2)13(12(3)9-10)6-4-5-7-14/h8-9,14H,4-7H2,1-3H3. The molecule has 1 heteroatoms. The predicted octanol–water partition coefficient (Wildman–Crippen LogP) is 2.93. The second-order valence-corrected chi connectivity index (χ2v) is 4.06. The molecule has 0 aromatic heterocycles. The molecule has 0 amide bonds. The molecule has 0 radical (unpaired) electrons. The first kappa shape index (κ1) is 11.3. The van der Waals surface area contributed by atoms with E-state index in [1.165, 1.54) is 22.3 Å². The van der Waals surface area contributed by atoms with Crippen molar-refractivity contribution in [2.75, 3.05) is 6.61 Å². The molecule has 14 heavy (non-hydrogen) atoms. The van der Waals surface area contributed by atoms with E-state index in [1.807, 2.05) is 0 Å². The van der Waals surface area contributed by atoms with Crippen LogP contribution in [0.15, 0.2) is 12.1 Å². The molecule has 1 nitrogen and oxygen atoms in total. The Kier molecular flexibility index (Phi) is 4.15. The van der Waals surface area contributed by atoms with Gasteiger partial charge in [-0.3, -0.25) is 0 Å². The third-order valence-electron chi connectivity index (χ3n) is 2.68. The molecule has 0 aliphatic carbocycles. The smallest absolute Gasteiger partial charge is 0.0431 e. The molecule has 78 valence electrons. The fourth-order valence-corrected chi connectivity index (χ4v) is 2.02. The molecule has 0 unspecified atom stereocenters. The number of aryl methyl sites for hydroxylation is 3. The summed E-state index contributed by atoms with van der Waals surface area (Å²) in [6.45, 7) is 6.80. The van der Waals surface area contributed by atoms with E-state index in [0.29, 0.717) is 6.61 Å². The van der Waals surface area contributed by atoms with Crippen molar-refractivity contribution in [2.45, 2.75) is 40.0 Å². The zero-order valence-electron chi connectivity index (χ0n) is 9.43. The molecule has 1 aromatic carbocycles. The lowest BCUT2D eigenvalue weighted by Crippen LogP contribution is -1.96. The Labute approximate surface area is 86.8 Å². The molecule has 0 aliphatic heterocycles. The topological polar surface area (TPSA) is 20.2 Å². The molecule has 0 spiro atoms. The monoisotopic (exact) mass is 192 g/mol. The van der Waals surface area contributed by atoms with Crippen LogP contribution in [0.2, 0.25) is 0 Å². The second kappa shape index (κ2) is 5.16. The molecule has 0 saturated carbocycles. The van der Waals surface area contributed by atoms with Crippen LogP contribution in [0.4, 0.5) is 0 Å². The average Bonchev–Trinajstić information content (AvgIpc) is 2.09. The van der Waals surface area contributed by atoms with Gasteiger partial charge in [0.05, 0.1) is 0 Å². The second-order valence-electron chi connectivity index (χ2n) is 4.06. The summed E-state index contributed by atoms with van der Waals surface area (Å²) in [5.74, 6) is 0. The molecule has 0 bridgehead atoms. The van der Waals surface area contributed by atoms with Crippen molar-refractivity contribution < 1.29 is 5.11 Å². The van der Waals surface area contributed by atoms with E-state index in [2.05, 4.69) is 32.9 Å². The molecule has 0 heterocycles. The first-order chi connectivity index (χ1) is 6.65. The van der Waals surface area contributed by atoms with Gasteiger partial charge in [0.1, 0.15) is 0 Å². The van der Waals surface area contributed by atoms with Gasteiger partial charge < -0.3 is 5.11 Å². The van der Waals surface area contributed by atoms with Gasteiger partial charge in [0.25, 0.3) is 0 Å². The van der Waals surface area contributed by atoms with Crippen molar-refractivity contribution in [3.8, 4) is 0 Å².